The molecule has 2 aromatic heterocycles. The van der Waals surface area contributed by atoms with Crippen LogP contribution in [0, 0.1) is 13.8 Å². The maximum atomic E-state index is 13.0. The average Bonchev–Trinajstić information content (AvgIpc) is 3.20. The Morgan fingerprint density at radius 1 is 1.19 bits per heavy atom. The van der Waals surface area contributed by atoms with Gasteiger partial charge < -0.3 is 14.4 Å². The highest BCUT2D eigenvalue weighted by Crippen LogP contribution is 2.31. The molecule has 0 unspecified atom stereocenters. The molecule has 9 heteroatoms. The molecule has 164 valence electrons. The van der Waals surface area contributed by atoms with E-state index in [9.17, 15) is 4.79 Å². The Morgan fingerprint density at radius 2 is 1.97 bits per heavy atom. The maximum absolute atomic E-state index is 13.0. The van der Waals surface area contributed by atoms with Gasteiger partial charge in [-0.2, -0.15) is 4.98 Å². The number of fused-ring (bicyclic) bond motifs is 2. The lowest BCUT2D eigenvalue weighted by molar-refractivity contribution is -0.131. The van der Waals surface area contributed by atoms with Crippen LogP contribution in [0.4, 0.5) is 0 Å². The maximum Gasteiger partial charge on any atom is 0.253 e. The van der Waals surface area contributed by atoms with E-state index < -0.39 is 0 Å². The van der Waals surface area contributed by atoms with Crippen LogP contribution in [-0.2, 0) is 17.8 Å². The summed E-state index contributed by atoms with van der Waals surface area (Å²) in [5.74, 6) is 2.22. The molecule has 3 heterocycles. The summed E-state index contributed by atoms with van der Waals surface area (Å²) >= 11 is 1.49. The molecule has 0 bridgehead atoms. The number of rotatable bonds is 7. The minimum Gasteiger partial charge on any atom is -0.486 e. The minimum atomic E-state index is 0.111. The van der Waals surface area contributed by atoms with Crippen LogP contribution in [0.15, 0.2) is 23.4 Å². The average molecular weight is 442 g/mol. The summed E-state index contributed by atoms with van der Waals surface area (Å²) in [5, 5.41) is 5.18. The van der Waals surface area contributed by atoms with E-state index in [0.29, 0.717) is 50.1 Å². The first-order valence-electron chi connectivity index (χ1n) is 10.4. The highest BCUT2D eigenvalue weighted by Gasteiger charge is 2.18. The summed E-state index contributed by atoms with van der Waals surface area (Å²) < 4.78 is 13.0. The molecule has 1 amide bonds. The number of carbonyl (C=O) groups is 1. The smallest absolute Gasteiger partial charge is 0.253 e. The van der Waals surface area contributed by atoms with Gasteiger partial charge in [-0.25, -0.2) is 9.50 Å². The van der Waals surface area contributed by atoms with Crippen LogP contribution in [0.5, 0.6) is 11.5 Å². The topological polar surface area (TPSA) is 81.9 Å². The van der Waals surface area contributed by atoms with E-state index in [2.05, 4.69) is 15.1 Å². The molecule has 1 aromatic carbocycles. The predicted molar refractivity (Wildman–Crippen MR) is 119 cm³/mol. The van der Waals surface area contributed by atoms with Gasteiger partial charge in [-0.05, 0) is 56.7 Å². The van der Waals surface area contributed by atoms with Gasteiger partial charge in [-0.3, -0.25) is 4.79 Å². The molecule has 0 saturated carbocycles. The van der Waals surface area contributed by atoms with Crippen molar-refractivity contribution >= 4 is 23.4 Å². The molecule has 1 aliphatic rings. The van der Waals surface area contributed by atoms with Gasteiger partial charge in [0.25, 0.3) is 5.78 Å². The zero-order chi connectivity index (χ0) is 22.0. The van der Waals surface area contributed by atoms with Crippen molar-refractivity contribution in [1.29, 1.82) is 0 Å². The van der Waals surface area contributed by atoms with E-state index in [4.69, 9.17) is 9.47 Å². The summed E-state index contributed by atoms with van der Waals surface area (Å²) in [6.45, 7) is 8.27. The summed E-state index contributed by atoms with van der Waals surface area (Å²) in [4.78, 5) is 23.9. The standard InChI is InChI=1S/C22H27N5O3S/c1-5-26(13-16-6-8-18-19(12-16)30-11-10-29-18)20(28)9-7-17-14(2)23-21-24-22(31-4)25-27(21)15(17)3/h6,8,12H,5,7,9-11,13H2,1-4H3. The van der Waals surface area contributed by atoms with Crippen LogP contribution < -0.4 is 9.47 Å². The quantitative estimate of drug-likeness (QED) is 0.521. The van der Waals surface area contributed by atoms with Gasteiger partial charge in [-0.15, -0.1) is 5.10 Å². The van der Waals surface area contributed by atoms with E-state index in [1.54, 1.807) is 4.52 Å². The van der Waals surface area contributed by atoms with Crippen molar-refractivity contribution in [3.63, 3.8) is 0 Å². The lowest BCUT2D eigenvalue weighted by atomic mass is 10.1. The summed E-state index contributed by atoms with van der Waals surface area (Å²) in [7, 11) is 0. The number of nitrogens with zero attached hydrogens (tertiary/aromatic N) is 5. The van der Waals surface area contributed by atoms with Gasteiger partial charge in [-0.1, -0.05) is 17.8 Å². The van der Waals surface area contributed by atoms with Crippen LogP contribution in [0.25, 0.3) is 5.78 Å². The number of thioether (sulfide) groups is 1. The predicted octanol–water partition coefficient (Wildman–Crippen LogP) is 3.22. The van der Waals surface area contributed by atoms with Crippen LogP contribution in [0.2, 0.25) is 0 Å². The Bertz CT molecular complexity index is 1110. The summed E-state index contributed by atoms with van der Waals surface area (Å²) in [5.41, 5.74) is 3.96. The first kappa shape index (κ1) is 21.4. The number of carbonyl (C=O) groups excluding carboxylic acids is 1. The summed E-state index contributed by atoms with van der Waals surface area (Å²) in [6.07, 6.45) is 2.97. The third-order valence-corrected chi connectivity index (χ3v) is 6.05. The molecule has 0 saturated heterocycles. The third-order valence-electron chi connectivity index (χ3n) is 5.52. The second-order valence-electron chi connectivity index (χ2n) is 7.46. The molecule has 0 fully saturated rings. The Kier molecular flexibility index (Phi) is 6.31. The van der Waals surface area contributed by atoms with E-state index in [-0.39, 0.29) is 5.91 Å². The number of benzene rings is 1. The van der Waals surface area contributed by atoms with E-state index in [1.807, 2.05) is 50.1 Å². The van der Waals surface area contributed by atoms with Gasteiger partial charge >= 0.3 is 0 Å². The Balaban J connectivity index is 1.46. The summed E-state index contributed by atoms with van der Waals surface area (Å²) in [6, 6.07) is 5.87. The van der Waals surface area contributed by atoms with Crippen LogP contribution in [0.3, 0.4) is 0 Å². The largest absolute Gasteiger partial charge is 0.486 e. The molecule has 3 aromatic rings. The molecule has 1 aliphatic heterocycles. The third kappa shape index (κ3) is 4.46. The van der Waals surface area contributed by atoms with Gasteiger partial charge in [0.1, 0.15) is 13.2 Å². The van der Waals surface area contributed by atoms with Crippen molar-refractivity contribution < 1.29 is 14.3 Å². The molecular formula is C22H27N5O3S. The van der Waals surface area contributed by atoms with Crippen molar-refractivity contribution in [3.8, 4) is 11.5 Å². The Hall–Kier alpha value is -2.81. The zero-order valence-corrected chi connectivity index (χ0v) is 19.2. The van der Waals surface area contributed by atoms with Crippen molar-refractivity contribution in [2.45, 2.75) is 45.3 Å². The van der Waals surface area contributed by atoms with Crippen molar-refractivity contribution in [3.05, 3.63) is 40.7 Å². The fourth-order valence-electron chi connectivity index (χ4n) is 3.81. The van der Waals surface area contributed by atoms with Gasteiger partial charge in [0.15, 0.2) is 11.5 Å². The second-order valence-corrected chi connectivity index (χ2v) is 8.23. The van der Waals surface area contributed by atoms with Crippen LogP contribution in [0.1, 0.15) is 35.9 Å². The zero-order valence-electron chi connectivity index (χ0n) is 18.3. The Labute approximate surface area is 186 Å². The number of hydrogen-bond donors (Lipinski definition) is 0. The number of aromatic nitrogens is 4. The fraction of sp³-hybridized carbons (Fsp3) is 0.455. The van der Waals surface area contributed by atoms with E-state index >= 15 is 0 Å². The molecule has 31 heavy (non-hydrogen) atoms. The minimum absolute atomic E-state index is 0.111. The molecule has 0 radical (unpaired) electrons. The van der Waals surface area contributed by atoms with Crippen molar-refractivity contribution in [2.24, 2.45) is 0 Å². The normalized spacial score (nSPS) is 12.9. The van der Waals surface area contributed by atoms with E-state index in [1.165, 1.54) is 11.8 Å². The van der Waals surface area contributed by atoms with E-state index in [0.717, 1.165) is 34.0 Å². The molecule has 0 atom stereocenters. The monoisotopic (exact) mass is 441 g/mol. The van der Waals surface area contributed by atoms with Crippen LogP contribution >= 0.6 is 11.8 Å². The number of aryl methyl sites for hydroxylation is 2. The first-order chi connectivity index (χ1) is 15.0. The highest BCUT2D eigenvalue weighted by atomic mass is 32.2. The van der Waals surface area contributed by atoms with Crippen molar-refractivity contribution in [1.82, 2.24) is 24.5 Å². The highest BCUT2D eigenvalue weighted by molar-refractivity contribution is 7.98. The fourth-order valence-corrected chi connectivity index (χ4v) is 4.15. The molecular weight excluding hydrogens is 414 g/mol. The molecule has 0 aliphatic carbocycles. The molecule has 0 N–H and O–H groups in total. The lowest BCUT2D eigenvalue weighted by Crippen LogP contribution is -2.30. The van der Waals surface area contributed by atoms with Crippen LogP contribution in [-0.4, -0.2) is 56.4 Å². The molecule has 0 spiro atoms. The number of ether oxygens (including phenoxy) is 2. The van der Waals surface area contributed by atoms with Crippen molar-refractivity contribution in [2.75, 3.05) is 26.0 Å². The van der Waals surface area contributed by atoms with Gasteiger partial charge in [0, 0.05) is 30.9 Å². The molecule has 4 rings (SSSR count). The Morgan fingerprint density at radius 3 is 2.71 bits per heavy atom. The molecule has 8 nitrogen and oxygen atoms in total. The first-order valence-corrected chi connectivity index (χ1v) is 11.7. The number of hydrogen-bond acceptors (Lipinski definition) is 7. The van der Waals surface area contributed by atoms with Gasteiger partial charge in [0.2, 0.25) is 11.1 Å². The lowest BCUT2D eigenvalue weighted by Gasteiger charge is -2.23. The second kappa shape index (κ2) is 9.13. The number of amides is 1. The van der Waals surface area contributed by atoms with Gasteiger partial charge in [0.05, 0.1) is 0 Å². The SMILES string of the molecule is CCN(Cc1ccc2c(c1)OCCO2)C(=O)CCc1c(C)nc2nc(SC)nn2c1C.